The van der Waals surface area contributed by atoms with Gasteiger partial charge in [-0.05, 0) is 114 Å². The molecule has 0 bridgehead atoms. The molecular formula is C56H39N. The van der Waals surface area contributed by atoms with Gasteiger partial charge in [0, 0.05) is 17.1 Å². The van der Waals surface area contributed by atoms with E-state index < -0.39 is 54.4 Å². The van der Waals surface area contributed by atoms with E-state index in [9.17, 15) is 5.48 Å². The third kappa shape index (κ3) is 6.66. The zero-order valence-corrected chi connectivity index (χ0v) is 30.8. The smallest absolute Gasteiger partial charge is 0.0645 e. The zero-order valence-electron chi connectivity index (χ0n) is 39.8. The minimum Gasteiger partial charge on any atom is -0.311 e. The minimum atomic E-state index is -0.626. The summed E-state index contributed by atoms with van der Waals surface area (Å²) in [6.07, 6.45) is 0. The fourth-order valence-electron chi connectivity index (χ4n) is 7.67. The van der Waals surface area contributed by atoms with Crippen molar-refractivity contribution in [3.63, 3.8) is 0 Å². The Morgan fingerprint density at radius 1 is 0.281 bits per heavy atom. The quantitative estimate of drug-likeness (QED) is 0.150. The lowest BCUT2D eigenvalue weighted by Gasteiger charge is -2.26. The molecule has 0 saturated heterocycles. The summed E-state index contributed by atoms with van der Waals surface area (Å²) in [6, 6.07) is 56.2. The van der Waals surface area contributed by atoms with Gasteiger partial charge in [-0.1, -0.05) is 200 Å². The highest BCUT2D eigenvalue weighted by molar-refractivity contribution is 6.04. The molecule has 0 saturated carbocycles. The summed E-state index contributed by atoms with van der Waals surface area (Å²) in [6.45, 7) is 0. The van der Waals surface area contributed by atoms with Gasteiger partial charge in [0.2, 0.25) is 0 Å². The Morgan fingerprint density at radius 3 is 1.47 bits per heavy atom. The number of benzene rings is 10. The Labute approximate surface area is 347 Å². The lowest BCUT2D eigenvalue weighted by atomic mass is 9.89. The predicted octanol–water partition coefficient (Wildman–Crippen LogP) is 15.8. The average molecular weight is 735 g/mol. The van der Waals surface area contributed by atoms with Crippen LogP contribution in [0.1, 0.15) is 12.3 Å². The van der Waals surface area contributed by atoms with E-state index in [1.165, 1.54) is 10.8 Å². The highest BCUT2D eigenvalue weighted by Crippen LogP contribution is 2.42. The van der Waals surface area contributed by atoms with Gasteiger partial charge in [-0.2, -0.15) is 0 Å². The van der Waals surface area contributed by atoms with Gasteiger partial charge >= 0.3 is 0 Å². The van der Waals surface area contributed by atoms with Crippen LogP contribution in [0.15, 0.2) is 236 Å². The first kappa shape index (κ1) is 25.6. The maximum atomic E-state index is 9.47. The van der Waals surface area contributed by atoms with E-state index in [1.54, 1.807) is 4.90 Å². The number of nitrogens with zero attached hydrogens (tertiary/aromatic N) is 1. The topological polar surface area (TPSA) is 3.24 Å². The molecule has 1 nitrogen and oxygen atoms in total. The summed E-state index contributed by atoms with van der Waals surface area (Å²) >= 11 is 0. The fraction of sp³-hybridized carbons (Fsp3) is 0. The molecule has 0 fully saturated rings. The normalized spacial score (nSPS) is 13.4. The summed E-state index contributed by atoms with van der Waals surface area (Å²) < 4.78 is 79.4. The molecule has 0 aliphatic carbocycles. The van der Waals surface area contributed by atoms with Gasteiger partial charge in [0.05, 0.1) is 12.3 Å². The number of hydrogen-bond donors (Lipinski definition) is 0. The van der Waals surface area contributed by atoms with Crippen molar-refractivity contribution >= 4 is 38.6 Å². The number of fused-ring (bicyclic) bond motifs is 2. The molecule has 10 aromatic carbocycles. The maximum absolute atomic E-state index is 9.47. The van der Waals surface area contributed by atoms with Crippen LogP contribution in [0.25, 0.3) is 77.2 Å². The molecule has 0 aliphatic heterocycles. The van der Waals surface area contributed by atoms with Crippen LogP contribution in [0.2, 0.25) is 0 Å². The second-order valence-electron chi connectivity index (χ2n) is 13.8. The third-order valence-electron chi connectivity index (χ3n) is 10.5. The van der Waals surface area contributed by atoms with E-state index in [0.29, 0.717) is 11.4 Å². The first-order valence-electron chi connectivity index (χ1n) is 23.4. The molecule has 0 aromatic heterocycles. The van der Waals surface area contributed by atoms with Crippen LogP contribution in [0.4, 0.5) is 17.1 Å². The zero-order chi connectivity index (χ0) is 45.8. The van der Waals surface area contributed by atoms with Crippen molar-refractivity contribution in [2.45, 2.75) is 0 Å². The van der Waals surface area contributed by atoms with E-state index in [4.69, 9.17) is 6.85 Å². The molecule has 0 N–H and O–H groups in total. The summed E-state index contributed by atoms with van der Waals surface area (Å²) in [5, 5.41) is 4.51. The SMILES string of the molecule is [2H]c1c([2H])c([2H])c(-c2c([2H])c([2H])c(N(c3ccc(-c4ccc(-c5cccc6ccccc56)cc4)cc3)c3ccc(-c4c(-c5ccccc5)ccc5ccccc45)cc3)c([2H])c2[2H])c([2H])c1[2H]. The van der Waals surface area contributed by atoms with Gasteiger partial charge in [0.25, 0.3) is 0 Å². The first-order valence-corrected chi connectivity index (χ1v) is 18.9. The maximum Gasteiger partial charge on any atom is 0.0645 e. The average Bonchev–Trinajstić information content (AvgIpc) is 3.37. The predicted molar refractivity (Wildman–Crippen MR) is 243 cm³/mol. The van der Waals surface area contributed by atoms with Crippen molar-refractivity contribution in [3.8, 4) is 55.6 Å². The number of anilines is 3. The van der Waals surface area contributed by atoms with Crippen molar-refractivity contribution in [2.24, 2.45) is 0 Å². The van der Waals surface area contributed by atoms with E-state index in [1.807, 2.05) is 91.0 Å². The summed E-state index contributed by atoms with van der Waals surface area (Å²) in [5.41, 5.74) is 8.56. The van der Waals surface area contributed by atoms with Gasteiger partial charge in [0.1, 0.15) is 0 Å². The molecule has 10 rings (SSSR count). The van der Waals surface area contributed by atoms with E-state index in [2.05, 4.69) is 91.0 Å². The molecular weight excluding hydrogens is 687 g/mol. The van der Waals surface area contributed by atoms with E-state index in [0.717, 1.165) is 55.3 Å². The summed E-state index contributed by atoms with van der Waals surface area (Å²) in [7, 11) is 0. The molecule has 0 unspecified atom stereocenters. The monoisotopic (exact) mass is 734 g/mol. The first-order chi connectivity index (χ1) is 32.0. The van der Waals surface area contributed by atoms with Gasteiger partial charge in [-0.15, -0.1) is 0 Å². The number of rotatable bonds is 8. The lowest BCUT2D eigenvalue weighted by molar-refractivity contribution is 1.28. The molecule has 1 heteroatoms. The molecule has 0 aliphatic rings. The Kier molecular flexibility index (Phi) is 6.72. The highest BCUT2D eigenvalue weighted by atomic mass is 15.1. The van der Waals surface area contributed by atoms with Crippen LogP contribution in [0.3, 0.4) is 0 Å². The van der Waals surface area contributed by atoms with Gasteiger partial charge in [-0.25, -0.2) is 0 Å². The van der Waals surface area contributed by atoms with Gasteiger partial charge < -0.3 is 4.90 Å². The second-order valence-corrected chi connectivity index (χ2v) is 13.8. The Bertz CT molecular complexity index is 3440. The van der Waals surface area contributed by atoms with Gasteiger partial charge in [-0.3, -0.25) is 0 Å². The molecule has 0 atom stereocenters. The minimum absolute atomic E-state index is 0.0591. The molecule has 0 amide bonds. The second kappa shape index (κ2) is 15.0. The molecule has 0 spiro atoms. The standard InChI is InChI=1S/C56H39N/c1-3-12-40(13-4-1)42-26-33-49(34-27-42)57(50-35-28-43(29-36-50)41-22-24-47(25-23-41)53-21-11-18-44-16-7-9-19-52(44)53)51-37-30-48(31-38-51)56-54-20-10-8-17-46(54)32-39-55(56)45-14-5-2-6-15-45/h1-39H/i1D,3D,4D,12D,13D,26D,27D,33D,34D. The van der Waals surface area contributed by atoms with Crippen LogP contribution in [-0.2, 0) is 0 Å². The van der Waals surface area contributed by atoms with Gasteiger partial charge in [0.15, 0.2) is 0 Å². The summed E-state index contributed by atoms with van der Waals surface area (Å²) in [5.74, 6) is 0. The fourth-order valence-corrected chi connectivity index (χ4v) is 7.67. The third-order valence-corrected chi connectivity index (χ3v) is 10.5. The Balaban J connectivity index is 1.11. The molecule has 57 heavy (non-hydrogen) atoms. The van der Waals surface area contributed by atoms with Crippen molar-refractivity contribution in [2.75, 3.05) is 4.90 Å². The number of hydrogen-bond acceptors (Lipinski definition) is 1. The van der Waals surface area contributed by atoms with Crippen molar-refractivity contribution < 1.29 is 12.3 Å². The molecule has 268 valence electrons. The van der Waals surface area contributed by atoms with Crippen LogP contribution >= 0.6 is 0 Å². The van der Waals surface area contributed by atoms with Crippen LogP contribution < -0.4 is 4.90 Å². The molecule has 10 aromatic rings. The largest absolute Gasteiger partial charge is 0.311 e. The van der Waals surface area contributed by atoms with Crippen molar-refractivity contribution in [1.82, 2.24) is 0 Å². The van der Waals surface area contributed by atoms with Crippen molar-refractivity contribution in [1.29, 1.82) is 0 Å². The summed E-state index contributed by atoms with van der Waals surface area (Å²) in [4.78, 5) is 1.69. The molecule has 0 heterocycles. The molecule has 0 radical (unpaired) electrons. The van der Waals surface area contributed by atoms with Crippen LogP contribution in [0.5, 0.6) is 0 Å². The Morgan fingerprint density at radius 2 is 0.789 bits per heavy atom. The van der Waals surface area contributed by atoms with Crippen LogP contribution in [0, 0.1) is 0 Å². The van der Waals surface area contributed by atoms with E-state index in [-0.39, 0.29) is 16.8 Å². The Hall–Kier alpha value is -7.48. The highest BCUT2D eigenvalue weighted by Gasteiger charge is 2.16. The van der Waals surface area contributed by atoms with E-state index >= 15 is 0 Å². The van der Waals surface area contributed by atoms with Crippen LogP contribution in [-0.4, -0.2) is 0 Å². The van der Waals surface area contributed by atoms with Crippen molar-refractivity contribution in [3.05, 3.63) is 236 Å². The lowest BCUT2D eigenvalue weighted by Crippen LogP contribution is -2.09.